The fourth-order valence-electron chi connectivity index (χ4n) is 1.29. The molecule has 0 aliphatic carbocycles. The molecule has 0 atom stereocenters. The Bertz CT molecular complexity index is 445. The molecule has 1 aromatic carbocycles. The Hall–Kier alpha value is -1.56. The Labute approximate surface area is 107 Å². The second kappa shape index (κ2) is 6.24. The van der Waals surface area contributed by atoms with Gasteiger partial charge in [0.05, 0.1) is 23.1 Å². The predicted molar refractivity (Wildman–Crippen MR) is 67.9 cm³/mol. The van der Waals surface area contributed by atoms with Gasteiger partial charge in [-0.25, -0.2) is 0 Å². The van der Waals surface area contributed by atoms with Crippen LogP contribution < -0.4 is 9.47 Å². The van der Waals surface area contributed by atoms with E-state index in [2.05, 4.69) is 15.9 Å². The molecule has 0 spiro atoms. The molecule has 0 saturated carbocycles. The van der Waals surface area contributed by atoms with Crippen molar-refractivity contribution in [2.45, 2.75) is 6.92 Å². The van der Waals surface area contributed by atoms with Gasteiger partial charge in [-0.1, -0.05) is 0 Å². The Morgan fingerprint density at radius 1 is 1.53 bits per heavy atom. The van der Waals surface area contributed by atoms with Crippen molar-refractivity contribution in [1.29, 1.82) is 0 Å². The minimum absolute atomic E-state index is 0.491. The predicted octanol–water partition coefficient (Wildman–Crippen LogP) is 3.10. The highest BCUT2D eigenvalue weighted by atomic mass is 79.9. The van der Waals surface area contributed by atoms with Crippen molar-refractivity contribution in [1.82, 2.24) is 0 Å². The number of hydrogen-bond donors (Lipinski definition) is 0. The summed E-state index contributed by atoms with van der Waals surface area (Å²) in [5.41, 5.74) is 0.665. The lowest BCUT2D eigenvalue weighted by Gasteiger charge is -2.11. The van der Waals surface area contributed by atoms with E-state index < -0.39 is 4.92 Å². The number of ether oxygens (including phenoxy) is 2. The molecule has 5 nitrogen and oxygen atoms in total. The summed E-state index contributed by atoms with van der Waals surface area (Å²) in [5, 5.41) is 10.2. The van der Waals surface area contributed by atoms with Crippen LogP contribution in [0, 0.1) is 10.1 Å². The standard InChI is InChI=1S/C11H12BrNO4/c1-3-17-10-7-8(4-5-13(14)15)6-9(12)11(10)16-2/h4-7H,3H2,1-2H3/b5-4+. The quantitative estimate of drug-likeness (QED) is 0.619. The summed E-state index contributed by atoms with van der Waals surface area (Å²) in [6.07, 6.45) is 2.27. The highest BCUT2D eigenvalue weighted by Gasteiger charge is 2.10. The molecule has 0 aromatic heterocycles. The summed E-state index contributed by atoms with van der Waals surface area (Å²) < 4.78 is 11.3. The number of nitro groups is 1. The molecule has 92 valence electrons. The SMILES string of the molecule is CCOc1cc(/C=C/[N+](=O)[O-])cc(Br)c1OC. The monoisotopic (exact) mass is 301 g/mol. The van der Waals surface area contributed by atoms with Gasteiger partial charge in [-0.3, -0.25) is 10.1 Å². The van der Waals surface area contributed by atoms with E-state index in [9.17, 15) is 10.1 Å². The first-order valence-corrected chi connectivity index (χ1v) is 5.69. The van der Waals surface area contributed by atoms with Gasteiger partial charge in [-0.2, -0.15) is 0 Å². The number of nitrogens with zero attached hydrogens (tertiary/aromatic N) is 1. The minimum atomic E-state index is -0.515. The van der Waals surface area contributed by atoms with Crippen LogP contribution in [0.3, 0.4) is 0 Å². The van der Waals surface area contributed by atoms with Gasteiger partial charge >= 0.3 is 0 Å². The van der Waals surface area contributed by atoms with E-state index in [0.29, 0.717) is 28.1 Å². The lowest BCUT2D eigenvalue weighted by molar-refractivity contribution is -0.400. The average Bonchev–Trinajstić information content (AvgIpc) is 2.26. The van der Waals surface area contributed by atoms with Gasteiger partial charge in [0.2, 0.25) is 6.20 Å². The maximum atomic E-state index is 10.2. The molecule has 0 heterocycles. The first kappa shape index (κ1) is 13.5. The lowest BCUT2D eigenvalue weighted by atomic mass is 10.2. The zero-order valence-corrected chi connectivity index (χ0v) is 11.1. The molecular weight excluding hydrogens is 290 g/mol. The summed E-state index contributed by atoms with van der Waals surface area (Å²) in [5.74, 6) is 1.12. The second-order valence-corrected chi connectivity index (χ2v) is 3.92. The molecule has 0 saturated heterocycles. The van der Waals surface area contributed by atoms with Crippen LogP contribution in [-0.2, 0) is 0 Å². The summed E-state index contributed by atoms with van der Waals surface area (Å²) in [6, 6.07) is 3.41. The number of rotatable bonds is 5. The Morgan fingerprint density at radius 3 is 2.76 bits per heavy atom. The first-order chi connectivity index (χ1) is 8.08. The van der Waals surface area contributed by atoms with Gasteiger partial charge in [0.25, 0.3) is 0 Å². The Morgan fingerprint density at radius 2 is 2.24 bits per heavy atom. The van der Waals surface area contributed by atoms with Gasteiger partial charge in [-0.05, 0) is 40.5 Å². The summed E-state index contributed by atoms with van der Waals surface area (Å²) in [7, 11) is 1.54. The molecule has 0 aliphatic heterocycles. The van der Waals surface area contributed by atoms with Crippen LogP contribution in [0.5, 0.6) is 11.5 Å². The third kappa shape index (κ3) is 3.74. The molecule has 0 amide bonds. The molecule has 0 N–H and O–H groups in total. The largest absolute Gasteiger partial charge is 0.492 e. The molecule has 0 fully saturated rings. The number of halogens is 1. The van der Waals surface area contributed by atoms with Crippen molar-refractivity contribution in [3.63, 3.8) is 0 Å². The molecule has 0 aliphatic rings. The number of benzene rings is 1. The zero-order valence-electron chi connectivity index (χ0n) is 9.47. The van der Waals surface area contributed by atoms with Crippen molar-refractivity contribution < 1.29 is 14.4 Å². The van der Waals surface area contributed by atoms with Crippen LogP contribution in [0.1, 0.15) is 12.5 Å². The molecule has 0 bridgehead atoms. The van der Waals surface area contributed by atoms with Crippen molar-refractivity contribution in [2.75, 3.05) is 13.7 Å². The van der Waals surface area contributed by atoms with E-state index in [4.69, 9.17) is 9.47 Å². The maximum absolute atomic E-state index is 10.2. The molecule has 0 radical (unpaired) electrons. The van der Waals surface area contributed by atoms with Gasteiger partial charge < -0.3 is 9.47 Å². The van der Waals surface area contributed by atoms with E-state index in [0.717, 1.165) is 6.20 Å². The Balaban J connectivity index is 3.14. The summed E-state index contributed by atoms with van der Waals surface area (Å²) in [6.45, 7) is 2.35. The van der Waals surface area contributed by atoms with Gasteiger partial charge in [-0.15, -0.1) is 0 Å². The molecule has 1 rings (SSSR count). The Kier molecular flexibility index (Phi) is 4.96. The van der Waals surface area contributed by atoms with E-state index in [-0.39, 0.29) is 0 Å². The third-order valence-corrected chi connectivity index (χ3v) is 2.51. The van der Waals surface area contributed by atoms with E-state index >= 15 is 0 Å². The summed E-state index contributed by atoms with van der Waals surface area (Å²) >= 11 is 3.33. The van der Waals surface area contributed by atoms with Gasteiger partial charge in [0.1, 0.15) is 0 Å². The van der Waals surface area contributed by atoms with Crippen molar-refractivity contribution in [2.24, 2.45) is 0 Å². The fourth-order valence-corrected chi connectivity index (χ4v) is 1.91. The normalized spacial score (nSPS) is 10.5. The molecular formula is C11H12BrNO4. The molecule has 0 unspecified atom stereocenters. The summed E-state index contributed by atoms with van der Waals surface area (Å²) in [4.78, 5) is 9.73. The molecule has 1 aromatic rings. The number of hydrogen-bond acceptors (Lipinski definition) is 4. The van der Waals surface area contributed by atoms with Crippen molar-refractivity contribution in [3.8, 4) is 11.5 Å². The van der Waals surface area contributed by atoms with Gasteiger partial charge in [0.15, 0.2) is 11.5 Å². The van der Waals surface area contributed by atoms with E-state index in [1.54, 1.807) is 12.1 Å². The molecule has 17 heavy (non-hydrogen) atoms. The zero-order chi connectivity index (χ0) is 12.8. The second-order valence-electron chi connectivity index (χ2n) is 3.07. The smallest absolute Gasteiger partial charge is 0.235 e. The highest BCUT2D eigenvalue weighted by molar-refractivity contribution is 9.10. The first-order valence-electron chi connectivity index (χ1n) is 4.90. The van der Waals surface area contributed by atoms with Crippen molar-refractivity contribution in [3.05, 3.63) is 38.5 Å². The highest BCUT2D eigenvalue weighted by Crippen LogP contribution is 2.36. The van der Waals surface area contributed by atoms with Crippen LogP contribution in [-0.4, -0.2) is 18.6 Å². The van der Waals surface area contributed by atoms with Crippen LogP contribution in [0.15, 0.2) is 22.8 Å². The van der Waals surface area contributed by atoms with Crippen LogP contribution in [0.25, 0.3) is 6.08 Å². The lowest BCUT2D eigenvalue weighted by Crippen LogP contribution is -1.96. The fraction of sp³-hybridized carbons (Fsp3) is 0.273. The number of methoxy groups -OCH3 is 1. The molecule has 6 heteroatoms. The van der Waals surface area contributed by atoms with E-state index in [1.165, 1.54) is 13.2 Å². The minimum Gasteiger partial charge on any atom is -0.492 e. The third-order valence-electron chi connectivity index (χ3n) is 1.92. The van der Waals surface area contributed by atoms with Crippen LogP contribution >= 0.6 is 15.9 Å². The van der Waals surface area contributed by atoms with Crippen LogP contribution in [0.4, 0.5) is 0 Å². The van der Waals surface area contributed by atoms with Crippen LogP contribution in [0.2, 0.25) is 0 Å². The average molecular weight is 302 g/mol. The van der Waals surface area contributed by atoms with E-state index in [1.807, 2.05) is 6.92 Å². The van der Waals surface area contributed by atoms with Gasteiger partial charge in [0, 0.05) is 6.08 Å². The maximum Gasteiger partial charge on any atom is 0.235 e. The van der Waals surface area contributed by atoms with Crippen molar-refractivity contribution >= 4 is 22.0 Å². The topological polar surface area (TPSA) is 61.6 Å².